The van der Waals surface area contributed by atoms with Crippen LogP contribution in [-0.4, -0.2) is 10.9 Å². The molecule has 1 heterocycles. The first-order chi connectivity index (χ1) is 13.3. The minimum absolute atomic E-state index is 0.140. The van der Waals surface area contributed by atoms with E-state index in [-0.39, 0.29) is 11.7 Å². The van der Waals surface area contributed by atoms with E-state index < -0.39 is 0 Å². The Hall–Kier alpha value is -3.20. The number of carbonyl (C=O) groups excluding carboxylic acids is 1. The minimum atomic E-state index is 0.140. The molecule has 0 fully saturated rings. The van der Waals surface area contributed by atoms with E-state index in [1.807, 2.05) is 36.4 Å². The van der Waals surface area contributed by atoms with E-state index in [0.717, 1.165) is 17.7 Å². The summed E-state index contributed by atoms with van der Waals surface area (Å²) in [5.74, 6) is 1.01. The number of hydrogen-bond donors (Lipinski definition) is 0. The first-order valence-electron chi connectivity index (χ1n) is 9.32. The standard InChI is InChI=1S/C24H19NO2/c26-22-14-19(16-7-2-1-3-8-16)13-21-24(22)23(27-25-21)15-18-11-6-10-17-9-4-5-12-20(17)18/h1-12,19H,13-15H2. The average molecular weight is 353 g/mol. The Morgan fingerprint density at radius 2 is 1.67 bits per heavy atom. The van der Waals surface area contributed by atoms with Crippen LogP contribution in [0.15, 0.2) is 77.3 Å². The van der Waals surface area contributed by atoms with Crippen molar-refractivity contribution in [2.45, 2.75) is 25.2 Å². The molecule has 0 aliphatic heterocycles. The van der Waals surface area contributed by atoms with Crippen LogP contribution < -0.4 is 0 Å². The van der Waals surface area contributed by atoms with Crippen molar-refractivity contribution < 1.29 is 9.32 Å². The average Bonchev–Trinajstić information content (AvgIpc) is 3.12. The Kier molecular flexibility index (Phi) is 3.86. The maximum Gasteiger partial charge on any atom is 0.168 e. The lowest BCUT2D eigenvalue weighted by Crippen LogP contribution is -2.19. The molecule has 1 unspecified atom stereocenters. The van der Waals surface area contributed by atoms with Gasteiger partial charge in [-0.25, -0.2) is 0 Å². The minimum Gasteiger partial charge on any atom is -0.360 e. The monoisotopic (exact) mass is 353 g/mol. The van der Waals surface area contributed by atoms with E-state index in [2.05, 4.69) is 41.6 Å². The second-order valence-electron chi connectivity index (χ2n) is 7.18. The summed E-state index contributed by atoms with van der Waals surface area (Å²) in [6.45, 7) is 0. The van der Waals surface area contributed by atoms with Crippen molar-refractivity contribution in [2.75, 3.05) is 0 Å². The number of nitrogens with zero attached hydrogens (tertiary/aromatic N) is 1. The fourth-order valence-corrected chi connectivity index (χ4v) is 4.15. The van der Waals surface area contributed by atoms with Gasteiger partial charge in [0.1, 0.15) is 0 Å². The molecule has 4 aromatic rings. The summed E-state index contributed by atoms with van der Waals surface area (Å²) >= 11 is 0. The third-order valence-electron chi connectivity index (χ3n) is 5.49. The first kappa shape index (κ1) is 16.0. The van der Waals surface area contributed by atoms with Crippen LogP contribution in [0.25, 0.3) is 10.8 Å². The SMILES string of the molecule is O=C1CC(c2ccccc2)Cc2noc(Cc3cccc4ccccc34)c21. The molecule has 1 aliphatic rings. The Bertz CT molecular complexity index is 1120. The third kappa shape index (κ3) is 2.85. The van der Waals surface area contributed by atoms with Gasteiger partial charge in [-0.2, -0.15) is 0 Å². The first-order valence-corrected chi connectivity index (χ1v) is 9.32. The molecule has 0 N–H and O–H groups in total. The van der Waals surface area contributed by atoms with Crippen molar-refractivity contribution in [3.63, 3.8) is 0 Å². The lowest BCUT2D eigenvalue weighted by atomic mass is 9.81. The number of aromatic nitrogens is 1. The van der Waals surface area contributed by atoms with Crippen LogP contribution in [-0.2, 0) is 12.8 Å². The largest absolute Gasteiger partial charge is 0.360 e. The molecule has 1 aliphatic carbocycles. The number of carbonyl (C=O) groups is 1. The summed E-state index contributed by atoms with van der Waals surface area (Å²) in [4.78, 5) is 12.9. The van der Waals surface area contributed by atoms with Crippen molar-refractivity contribution >= 4 is 16.6 Å². The van der Waals surface area contributed by atoms with E-state index in [1.54, 1.807) is 0 Å². The van der Waals surface area contributed by atoms with E-state index >= 15 is 0 Å². The Labute approximate surface area is 157 Å². The molecule has 27 heavy (non-hydrogen) atoms. The van der Waals surface area contributed by atoms with Crippen LogP contribution in [0.4, 0.5) is 0 Å². The van der Waals surface area contributed by atoms with Gasteiger partial charge in [0.2, 0.25) is 0 Å². The van der Waals surface area contributed by atoms with Gasteiger partial charge < -0.3 is 4.52 Å². The lowest BCUT2D eigenvalue weighted by Gasteiger charge is -2.20. The van der Waals surface area contributed by atoms with Gasteiger partial charge in [-0.05, 0) is 27.8 Å². The van der Waals surface area contributed by atoms with Crippen molar-refractivity contribution in [3.05, 3.63) is 101 Å². The van der Waals surface area contributed by atoms with Gasteiger partial charge in [0.25, 0.3) is 0 Å². The van der Waals surface area contributed by atoms with Gasteiger partial charge in [-0.1, -0.05) is 78.0 Å². The van der Waals surface area contributed by atoms with Gasteiger partial charge in [0, 0.05) is 19.3 Å². The van der Waals surface area contributed by atoms with Gasteiger partial charge in [0.05, 0.1) is 11.3 Å². The van der Waals surface area contributed by atoms with Gasteiger partial charge in [-0.3, -0.25) is 4.79 Å². The number of hydrogen-bond acceptors (Lipinski definition) is 3. The van der Waals surface area contributed by atoms with E-state index in [4.69, 9.17) is 4.52 Å². The summed E-state index contributed by atoms with van der Waals surface area (Å²) in [6, 6.07) is 24.7. The van der Waals surface area contributed by atoms with Crippen LogP contribution in [0.3, 0.4) is 0 Å². The highest BCUT2D eigenvalue weighted by molar-refractivity contribution is 6.00. The highest BCUT2D eigenvalue weighted by atomic mass is 16.5. The second-order valence-corrected chi connectivity index (χ2v) is 7.18. The summed E-state index contributed by atoms with van der Waals surface area (Å²) in [7, 11) is 0. The van der Waals surface area contributed by atoms with Gasteiger partial charge in [-0.15, -0.1) is 0 Å². The molecular formula is C24H19NO2. The van der Waals surface area contributed by atoms with Crippen LogP contribution in [0.2, 0.25) is 0 Å². The van der Waals surface area contributed by atoms with Crippen LogP contribution in [0, 0.1) is 0 Å². The van der Waals surface area contributed by atoms with E-state index in [9.17, 15) is 4.79 Å². The highest BCUT2D eigenvalue weighted by Gasteiger charge is 2.32. The highest BCUT2D eigenvalue weighted by Crippen LogP contribution is 2.35. The maximum atomic E-state index is 12.9. The summed E-state index contributed by atoms with van der Waals surface area (Å²) < 4.78 is 5.65. The lowest BCUT2D eigenvalue weighted by molar-refractivity contribution is 0.0963. The Morgan fingerprint density at radius 1 is 0.889 bits per heavy atom. The summed E-state index contributed by atoms with van der Waals surface area (Å²) in [5.41, 5.74) is 3.85. The number of rotatable bonds is 3. The molecule has 1 aromatic heterocycles. The zero-order valence-electron chi connectivity index (χ0n) is 14.9. The topological polar surface area (TPSA) is 43.1 Å². The molecule has 0 amide bonds. The van der Waals surface area contributed by atoms with Crippen LogP contribution >= 0.6 is 0 Å². The fraction of sp³-hybridized carbons (Fsp3) is 0.167. The summed E-state index contributed by atoms with van der Waals surface area (Å²) in [6.07, 6.45) is 1.86. The fourth-order valence-electron chi connectivity index (χ4n) is 4.15. The maximum absolute atomic E-state index is 12.9. The normalized spacial score (nSPS) is 16.4. The molecule has 0 radical (unpaired) electrons. The van der Waals surface area contributed by atoms with Gasteiger partial charge in [0.15, 0.2) is 11.5 Å². The van der Waals surface area contributed by atoms with E-state index in [0.29, 0.717) is 24.2 Å². The predicted octanol–water partition coefficient (Wildman–Crippen LogP) is 5.33. The van der Waals surface area contributed by atoms with Gasteiger partial charge >= 0.3 is 0 Å². The molecule has 0 spiro atoms. The zero-order chi connectivity index (χ0) is 18.2. The smallest absolute Gasteiger partial charge is 0.168 e. The molecule has 5 rings (SSSR count). The second kappa shape index (κ2) is 6.51. The quantitative estimate of drug-likeness (QED) is 0.500. The molecule has 3 nitrogen and oxygen atoms in total. The Morgan fingerprint density at radius 3 is 2.56 bits per heavy atom. The third-order valence-corrected chi connectivity index (χ3v) is 5.49. The molecule has 0 saturated carbocycles. The number of Topliss-reactive ketones (excluding diaryl/α,β-unsaturated/α-hetero) is 1. The molecule has 3 heteroatoms. The Balaban J connectivity index is 1.49. The zero-order valence-corrected chi connectivity index (χ0v) is 14.9. The molecule has 0 saturated heterocycles. The number of fused-ring (bicyclic) bond motifs is 2. The van der Waals surface area contributed by atoms with E-state index in [1.165, 1.54) is 16.3 Å². The predicted molar refractivity (Wildman–Crippen MR) is 105 cm³/mol. The molecule has 132 valence electrons. The molecule has 1 atom stereocenters. The number of benzene rings is 3. The van der Waals surface area contributed by atoms with Crippen molar-refractivity contribution in [1.82, 2.24) is 5.16 Å². The molecule has 0 bridgehead atoms. The molecule has 3 aromatic carbocycles. The van der Waals surface area contributed by atoms with Crippen LogP contribution in [0.5, 0.6) is 0 Å². The number of ketones is 1. The molecular weight excluding hydrogens is 334 g/mol. The van der Waals surface area contributed by atoms with Crippen molar-refractivity contribution in [1.29, 1.82) is 0 Å². The summed E-state index contributed by atoms with van der Waals surface area (Å²) in [5, 5.41) is 6.65. The van der Waals surface area contributed by atoms with Crippen LogP contribution in [0.1, 0.15) is 45.3 Å². The van der Waals surface area contributed by atoms with Crippen molar-refractivity contribution in [2.24, 2.45) is 0 Å². The van der Waals surface area contributed by atoms with Crippen molar-refractivity contribution in [3.8, 4) is 0 Å².